The standard InChI is InChI=1S/C12H14N2O2/c1-9(15)14-11-8-10(4-3-7-13)5-6-12(11)16-2/h5-6,8H,7,13H2,1-2H3,(H,14,15). The Balaban J connectivity index is 3.05. The molecule has 0 heterocycles. The predicted octanol–water partition coefficient (Wildman–Crippen LogP) is 0.964. The average Bonchev–Trinajstić information content (AvgIpc) is 2.26. The molecule has 0 aliphatic rings. The molecular formula is C12H14N2O2. The van der Waals surface area contributed by atoms with Crippen molar-refractivity contribution in [1.82, 2.24) is 0 Å². The summed E-state index contributed by atoms with van der Waals surface area (Å²) in [4.78, 5) is 11.0. The van der Waals surface area contributed by atoms with E-state index in [4.69, 9.17) is 10.5 Å². The highest BCUT2D eigenvalue weighted by atomic mass is 16.5. The number of anilines is 1. The van der Waals surface area contributed by atoms with E-state index in [0.29, 0.717) is 18.0 Å². The fourth-order valence-corrected chi connectivity index (χ4v) is 1.23. The van der Waals surface area contributed by atoms with Crippen LogP contribution in [-0.2, 0) is 4.79 Å². The Morgan fingerprint density at radius 2 is 2.31 bits per heavy atom. The highest BCUT2D eigenvalue weighted by Gasteiger charge is 2.04. The van der Waals surface area contributed by atoms with Gasteiger partial charge in [0, 0.05) is 12.5 Å². The minimum atomic E-state index is -0.151. The fraction of sp³-hybridized carbons (Fsp3) is 0.250. The Bertz CT molecular complexity index is 444. The van der Waals surface area contributed by atoms with Crippen LogP contribution in [0.5, 0.6) is 5.75 Å². The highest BCUT2D eigenvalue weighted by Crippen LogP contribution is 2.24. The number of hydrogen-bond acceptors (Lipinski definition) is 3. The molecule has 0 unspecified atom stereocenters. The number of hydrogen-bond donors (Lipinski definition) is 2. The first-order valence-electron chi connectivity index (χ1n) is 4.82. The smallest absolute Gasteiger partial charge is 0.221 e. The summed E-state index contributed by atoms with van der Waals surface area (Å²) in [6, 6.07) is 5.32. The van der Waals surface area contributed by atoms with Gasteiger partial charge < -0.3 is 15.8 Å². The maximum absolute atomic E-state index is 11.0. The average molecular weight is 218 g/mol. The summed E-state index contributed by atoms with van der Waals surface area (Å²) in [5.41, 5.74) is 6.68. The van der Waals surface area contributed by atoms with Crippen molar-refractivity contribution >= 4 is 11.6 Å². The second kappa shape index (κ2) is 5.79. The lowest BCUT2D eigenvalue weighted by atomic mass is 10.2. The van der Waals surface area contributed by atoms with Gasteiger partial charge in [0.25, 0.3) is 0 Å². The zero-order valence-corrected chi connectivity index (χ0v) is 9.33. The molecule has 1 aromatic carbocycles. The van der Waals surface area contributed by atoms with Crippen LogP contribution >= 0.6 is 0 Å². The Morgan fingerprint density at radius 3 is 2.88 bits per heavy atom. The van der Waals surface area contributed by atoms with Gasteiger partial charge in [-0.3, -0.25) is 4.79 Å². The quantitative estimate of drug-likeness (QED) is 0.727. The molecule has 1 rings (SSSR count). The molecule has 0 fully saturated rings. The Hall–Kier alpha value is -1.99. The van der Waals surface area contributed by atoms with Gasteiger partial charge in [-0.1, -0.05) is 11.8 Å². The molecule has 84 valence electrons. The molecule has 1 aromatic rings. The van der Waals surface area contributed by atoms with Crippen LogP contribution in [0.15, 0.2) is 18.2 Å². The molecule has 0 aliphatic carbocycles. The summed E-state index contributed by atoms with van der Waals surface area (Å²) in [6.07, 6.45) is 0. The van der Waals surface area contributed by atoms with Crippen molar-refractivity contribution in [3.8, 4) is 17.6 Å². The third kappa shape index (κ3) is 3.30. The number of benzene rings is 1. The first-order valence-corrected chi connectivity index (χ1v) is 4.82. The van der Waals surface area contributed by atoms with E-state index in [-0.39, 0.29) is 5.91 Å². The van der Waals surface area contributed by atoms with Gasteiger partial charge in [-0.05, 0) is 18.2 Å². The molecule has 4 nitrogen and oxygen atoms in total. The second-order valence-electron chi connectivity index (χ2n) is 3.10. The first kappa shape index (κ1) is 12.1. The van der Waals surface area contributed by atoms with E-state index >= 15 is 0 Å². The highest BCUT2D eigenvalue weighted by molar-refractivity contribution is 5.90. The largest absolute Gasteiger partial charge is 0.495 e. The number of rotatable bonds is 2. The van der Waals surface area contributed by atoms with E-state index in [0.717, 1.165) is 5.56 Å². The Labute approximate surface area is 94.8 Å². The van der Waals surface area contributed by atoms with Crippen LogP contribution in [0.2, 0.25) is 0 Å². The number of nitrogens with one attached hydrogen (secondary N) is 1. The van der Waals surface area contributed by atoms with E-state index < -0.39 is 0 Å². The molecular weight excluding hydrogens is 204 g/mol. The van der Waals surface area contributed by atoms with E-state index in [2.05, 4.69) is 17.2 Å². The lowest BCUT2D eigenvalue weighted by molar-refractivity contribution is -0.114. The van der Waals surface area contributed by atoms with Gasteiger partial charge in [-0.25, -0.2) is 0 Å². The molecule has 0 radical (unpaired) electrons. The van der Waals surface area contributed by atoms with Crippen molar-refractivity contribution in [3.63, 3.8) is 0 Å². The third-order valence-electron chi connectivity index (χ3n) is 1.84. The van der Waals surface area contributed by atoms with Gasteiger partial charge in [-0.2, -0.15) is 0 Å². The van der Waals surface area contributed by atoms with E-state index in [9.17, 15) is 4.79 Å². The topological polar surface area (TPSA) is 64.3 Å². The van der Waals surface area contributed by atoms with Gasteiger partial charge in [0.05, 0.1) is 19.3 Å². The monoisotopic (exact) mass is 218 g/mol. The molecule has 16 heavy (non-hydrogen) atoms. The molecule has 0 saturated heterocycles. The third-order valence-corrected chi connectivity index (χ3v) is 1.84. The van der Waals surface area contributed by atoms with Crippen LogP contribution in [0.1, 0.15) is 12.5 Å². The first-order chi connectivity index (χ1) is 7.67. The molecule has 0 atom stereocenters. The van der Waals surface area contributed by atoms with Gasteiger partial charge in [0.1, 0.15) is 5.75 Å². The van der Waals surface area contributed by atoms with Gasteiger partial charge in [-0.15, -0.1) is 0 Å². The molecule has 4 heteroatoms. The van der Waals surface area contributed by atoms with Crippen molar-refractivity contribution in [2.75, 3.05) is 19.0 Å². The molecule has 3 N–H and O–H groups in total. The van der Waals surface area contributed by atoms with Crippen LogP contribution in [0.3, 0.4) is 0 Å². The zero-order chi connectivity index (χ0) is 12.0. The molecule has 0 spiro atoms. The Morgan fingerprint density at radius 1 is 1.56 bits per heavy atom. The summed E-state index contributed by atoms with van der Waals surface area (Å²) in [5.74, 6) is 6.09. The van der Waals surface area contributed by atoms with E-state index in [1.165, 1.54) is 6.92 Å². The van der Waals surface area contributed by atoms with Crippen molar-refractivity contribution in [2.45, 2.75) is 6.92 Å². The number of methoxy groups -OCH3 is 1. The van der Waals surface area contributed by atoms with Crippen LogP contribution in [0.4, 0.5) is 5.69 Å². The number of carbonyl (C=O) groups is 1. The number of ether oxygens (including phenoxy) is 1. The molecule has 0 aliphatic heterocycles. The summed E-state index contributed by atoms with van der Waals surface area (Å²) < 4.78 is 5.12. The normalized spacial score (nSPS) is 8.94. The second-order valence-corrected chi connectivity index (χ2v) is 3.10. The number of carbonyl (C=O) groups excluding carboxylic acids is 1. The van der Waals surface area contributed by atoms with Gasteiger partial charge in [0.2, 0.25) is 5.91 Å². The fourth-order valence-electron chi connectivity index (χ4n) is 1.23. The van der Waals surface area contributed by atoms with Crippen molar-refractivity contribution in [3.05, 3.63) is 23.8 Å². The predicted molar refractivity (Wildman–Crippen MR) is 63.2 cm³/mol. The molecule has 1 amide bonds. The van der Waals surface area contributed by atoms with Crippen molar-refractivity contribution in [1.29, 1.82) is 0 Å². The number of amides is 1. The maximum atomic E-state index is 11.0. The molecule has 0 bridgehead atoms. The van der Waals surface area contributed by atoms with Gasteiger partial charge in [0.15, 0.2) is 0 Å². The zero-order valence-electron chi connectivity index (χ0n) is 9.33. The lowest BCUT2D eigenvalue weighted by Gasteiger charge is -2.08. The minimum Gasteiger partial charge on any atom is -0.495 e. The summed E-state index contributed by atoms with van der Waals surface area (Å²) in [6.45, 7) is 1.75. The van der Waals surface area contributed by atoms with Crippen LogP contribution < -0.4 is 15.8 Å². The summed E-state index contributed by atoms with van der Waals surface area (Å²) in [5, 5.41) is 2.68. The summed E-state index contributed by atoms with van der Waals surface area (Å²) >= 11 is 0. The van der Waals surface area contributed by atoms with Crippen molar-refractivity contribution in [2.24, 2.45) is 5.73 Å². The lowest BCUT2D eigenvalue weighted by Crippen LogP contribution is -2.07. The van der Waals surface area contributed by atoms with Gasteiger partial charge >= 0.3 is 0 Å². The van der Waals surface area contributed by atoms with E-state index in [1.807, 2.05) is 6.07 Å². The van der Waals surface area contributed by atoms with Crippen LogP contribution in [0, 0.1) is 11.8 Å². The molecule has 0 saturated carbocycles. The Kier molecular flexibility index (Phi) is 4.37. The molecule has 0 aromatic heterocycles. The van der Waals surface area contributed by atoms with Crippen molar-refractivity contribution < 1.29 is 9.53 Å². The SMILES string of the molecule is COc1ccc(C#CCN)cc1NC(C)=O. The maximum Gasteiger partial charge on any atom is 0.221 e. The minimum absolute atomic E-state index is 0.151. The van der Waals surface area contributed by atoms with Crippen LogP contribution in [-0.4, -0.2) is 19.6 Å². The van der Waals surface area contributed by atoms with Crippen LogP contribution in [0.25, 0.3) is 0 Å². The summed E-state index contributed by atoms with van der Waals surface area (Å²) in [7, 11) is 1.55. The number of nitrogens with two attached hydrogens (primary N) is 1. The van der Waals surface area contributed by atoms with E-state index in [1.54, 1.807) is 19.2 Å².